The quantitative estimate of drug-likeness (QED) is 0.730. The highest BCUT2D eigenvalue weighted by atomic mass is 16.6. The zero-order valence-corrected chi connectivity index (χ0v) is 17.8. The van der Waals surface area contributed by atoms with Crippen molar-refractivity contribution in [1.29, 1.82) is 5.26 Å². The summed E-state index contributed by atoms with van der Waals surface area (Å²) >= 11 is 0. The fraction of sp³-hybridized carbons (Fsp3) is 0.478. The van der Waals surface area contributed by atoms with E-state index in [-0.39, 0.29) is 12.2 Å². The molecule has 2 aromatic rings. The Kier molecular flexibility index (Phi) is 4.61. The zero-order chi connectivity index (χ0) is 21.7. The molecule has 5 heterocycles. The molecule has 164 valence electrons. The second kappa shape index (κ2) is 7.64. The number of pyridine rings is 1. The minimum Gasteiger partial charge on any atom is -0.441 e. The zero-order valence-electron chi connectivity index (χ0n) is 17.8. The number of allylic oxidation sites excluding steroid dienone is 2. The number of nitrogens with zero attached hydrogens (tertiary/aromatic N) is 6. The Morgan fingerprint density at radius 2 is 2.06 bits per heavy atom. The molecule has 4 aliphatic rings. The molecule has 9 nitrogen and oxygen atoms in total. The highest BCUT2D eigenvalue weighted by Gasteiger charge is 2.33. The third-order valence-corrected chi connectivity index (χ3v) is 6.74. The maximum Gasteiger partial charge on any atom is 0.410 e. The first kappa shape index (κ1) is 19.3. The molecule has 0 atom stereocenters. The third kappa shape index (κ3) is 3.14. The van der Waals surface area contributed by atoms with Gasteiger partial charge in [-0.1, -0.05) is 0 Å². The van der Waals surface area contributed by atoms with Crippen LogP contribution in [0.5, 0.6) is 0 Å². The predicted molar refractivity (Wildman–Crippen MR) is 116 cm³/mol. The van der Waals surface area contributed by atoms with E-state index in [2.05, 4.69) is 26.7 Å². The Bertz CT molecular complexity index is 1130. The standard InChI is InChI=1S/C23H24N6O3/c24-11-17-16(19-12-29-5-1-2-21(29)26-19)10-18-22(17)20(3-4-25-18)27-6-8-28(9-7-27)23(30)32-15-13-31-14-15/h3-4,12,15H,1-2,5-10,13-14H2. The van der Waals surface area contributed by atoms with Gasteiger partial charge in [-0.3, -0.25) is 4.98 Å². The number of piperazine rings is 1. The van der Waals surface area contributed by atoms with Crippen molar-refractivity contribution in [2.24, 2.45) is 0 Å². The number of aryl methyl sites for hydroxylation is 2. The lowest BCUT2D eigenvalue weighted by atomic mass is 10.0. The summed E-state index contributed by atoms with van der Waals surface area (Å²) in [4.78, 5) is 25.7. The van der Waals surface area contributed by atoms with Crippen molar-refractivity contribution in [2.75, 3.05) is 44.3 Å². The number of nitriles is 1. The van der Waals surface area contributed by atoms with Crippen LogP contribution in [0.2, 0.25) is 0 Å². The van der Waals surface area contributed by atoms with E-state index in [1.165, 1.54) is 0 Å². The van der Waals surface area contributed by atoms with Gasteiger partial charge in [-0.05, 0) is 12.5 Å². The summed E-state index contributed by atoms with van der Waals surface area (Å²) in [6.07, 6.45) is 6.26. The van der Waals surface area contributed by atoms with E-state index in [0.29, 0.717) is 51.4 Å². The van der Waals surface area contributed by atoms with Crippen molar-refractivity contribution in [3.05, 3.63) is 41.2 Å². The van der Waals surface area contributed by atoms with Gasteiger partial charge >= 0.3 is 6.09 Å². The first-order valence-electron chi connectivity index (χ1n) is 11.2. The number of carbonyl (C=O) groups is 1. The van der Waals surface area contributed by atoms with Gasteiger partial charge in [0.25, 0.3) is 0 Å². The molecule has 0 bridgehead atoms. The number of anilines is 1. The van der Waals surface area contributed by atoms with Crippen LogP contribution in [0.25, 0.3) is 11.1 Å². The molecule has 2 aromatic heterocycles. The minimum atomic E-state index is -0.273. The largest absolute Gasteiger partial charge is 0.441 e. The number of carbonyl (C=O) groups excluding carboxylic acids is 1. The van der Waals surface area contributed by atoms with Crippen molar-refractivity contribution >= 4 is 22.9 Å². The number of ether oxygens (including phenoxy) is 2. The van der Waals surface area contributed by atoms with Gasteiger partial charge in [0.2, 0.25) is 0 Å². The molecule has 3 aliphatic heterocycles. The Morgan fingerprint density at radius 3 is 2.78 bits per heavy atom. The first-order valence-corrected chi connectivity index (χ1v) is 11.2. The summed E-state index contributed by atoms with van der Waals surface area (Å²) in [5.74, 6) is 1.10. The van der Waals surface area contributed by atoms with Crippen molar-refractivity contribution < 1.29 is 14.3 Å². The molecule has 6 rings (SSSR count). The monoisotopic (exact) mass is 432 g/mol. The van der Waals surface area contributed by atoms with Gasteiger partial charge in [-0.15, -0.1) is 0 Å². The second-order valence-electron chi connectivity index (χ2n) is 8.65. The van der Waals surface area contributed by atoms with Crippen LogP contribution in [0.1, 0.15) is 29.2 Å². The molecule has 1 aliphatic carbocycles. The molecule has 0 spiro atoms. The maximum atomic E-state index is 12.3. The summed E-state index contributed by atoms with van der Waals surface area (Å²) in [7, 11) is 0. The van der Waals surface area contributed by atoms with Crippen LogP contribution in [0.4, 0.5) is 10.5 Å². The van der Waals surface area contributed by atoms with E-state index in [0.717, 1.165) is 53.4 Å². The van der Waals surface area contributed by atoms with Crippen LogP contribution < -0.4 is 4.90 Å². The Hall–Kier alpha value is -3.38. The van der Waals surface area contributed by atoms with Gasteiger partial charge in [0.15, 0.2) is 6.10 Å². The number of amides is 1. The first-order chi connectivity index (χ1) is 15.7. The molecule has 9 heteroatoms. The fourth-order valence-electron chi connectivity index (χ4n) is 4.94. The van der Waals surface area contributed by atoms with Crippen molar-refractivity contribution in [3.8, 4) is 6.07 Å². The summed E-state index contributed by atoms with van der Waals surface area (Å²) in [5, 5.41) is 10.1. The average molecular weight is 432 g/mol. The fourth-order valence-corrected chi connectivity index (χ4v) is 4.94. The summed E-state index contributed by atoms with van der Waals surface area (Å²) < 4.78 is 12.7. The molecular formula is C23H24N6O3. The Balaban J connectivity index is 1.24. The highest BCUT2D eigenvalue weighted by molar-refractivity contribution is 6.04. The van der Waals surface area contributed by atoms with Gasteiger partial charge in [-0.2, -0.15) is 5.26 Å². The van der Waals surface area contributed by atoms with Crippen LogP contribution in [-0.2, 0) is 28.9 Å². The molecular weight excluding hydrogens is 408 g/mol. The molecule has 1 amide bonds. The smallest absolute Gasteiger partial charge is 0.410 e. The Morgan fingerprint density at radius 1 is 1.22 bits per heavy atom. The van der Waals surface area contributed by atoms with Gasteiger partial charge in [0.1, 0.15) is 11.9 Å². The van der Waals surface area contributed by atoms with Crippen LogP contribution in [-0.4, -0.2) is 71.0 Å². The van der Waals surface area contributed by atoms with E-state index in [1.54, 1.807) is 4.90 Å². The number of hydrogen-bond donors (Lipinski definition) is 0. The lowest BCUT2D eigenvalue weighted by Gasteiger charge is -2.37. The summed E-state index contributed by atoms with van der Waals surface area (Å²) in [5.41, 5.74) is 5.39. The third-order valence-electron chi connectivity index (χ3n) is 6.74. The topological polar surface area (TPSA) is 96.5 Å². The molecule has 0 N–H and O–H groups in total. The molecule has 2 saturated heterocycles. The lowest BCUT2D eigenvalue weighted by molar-refractivity contribution is -0.104. The molecule has 2 fully saturated rings. The number of fused-ring (bicyclic) bond motifs is 2. The number of imidazole rings is 1. The second-order valence-corrected chi connectivity index (χ2v) is 8.65. The number of aromatic nitrogens is 3. The number of rotatable bonds is 3. The van der Waals surface area contributed by atoms with E-state index in [9.17, 15) is 10.1 Å². The molecule has 32 heavy (non-hydrogen) atoms. The van der Waals surface area contributed by atoms with E-state index >= 15 is 0 Å². The normalized spacial score (nSPS) is 20.1. The minimum absolute atomic E-state index is 0.116. The van der Waals surface area contributed by atoms with Crippen molar-refractivity contribution in [3.63, 3.8) is 0 Å². The molecule has 0 aromatic carbocycles. The van der Waals surface area contributed by atoms with Gasteiger partial charge < -0.3 is 23.8 Å². The predicted octanol–water partition coefficient (Wildman–Crippen LogP) is 1.87. The van der Waals surface area contributed by atoms with Crippen molar-refractivity contribution in [2.45, 2.75) is 31.9 Å². The van der Waals surface area contributed by atoms with E-state index in [1.807, 2.05) is 12.3 Å². The van der Waals surface area contributed by atoms with Gasteiger partial charge in [0.05, 0.1) is 30.2 Å². The molecule has 0 saturated carbocycles. The van der Waals surface area contributed by atoms with Gasteiger partial charge in [-0.25, -0.2) is 9.78 Å². The summed E-state index contributed by atoms with van der Waals surface area (Å²) in [6.45, 7) is 4.49. The number of hydrogen-bond acceptors (Lipinski definition) is 7. The van der Waals surface area contributed by atoms with Crippen molar-refractivity contribution in [1.82, 2.24) is 19.4 Å². The lowest BCUT2D eigenvalue weighted by Crippen LogP contribution is -2.51. The molecule has 0 unspecified atom stereocenters. The van der Waals surface area contributed by atoms with E-state index in [4.69, 9.17) is 14.5 Å². The highest BCUT2D eigenvalue weighted by Crippen LogP contribution is 2.42. The van der Waals surface area contributed by atoms with E-state index < -0.39 is 0 Å². The van der Waals surface area contributed by atoms with Crippen LogP contribution in [0.15, 0.2) is 18.5 Å². The molecule has 0 radical (unpaired) electrons. The average Bonchev–Trinajstić information content (AvgIpc) is 3.48. The van der Waals surface area contributed by atoms with Gasteiger partial charge in [0, 0.05) is 74.8 Å². The van der Waals surface area contributed by atoms with Crippen LogP contribution in [0, 0.1) is 11.3 Å². The maximum absolute atomic E-state index is 12.3. The van der Waals surface area contributed by atoms with Crippen LogP contribution in [0.3, 0.4) is 0 Å². The van der Waals surface area contributed by atoms with Crippen LogP contribution >= 0.6 is 0 Å². The SMILES string of the molecule is N#CC1=C(c2cn3c(n2)CCC3)Cc2nccc(N3CCN(C(=O)OC4COC4)CC3)c21. The Labute approximate surface area is 185 Å². The summed E-state index contributed by atoms with van der Waals surface area (Å²) in [6, 6.07) is 4.42.